The van der Waals surface area contributed by atoms with Gasteiger partial charge in [-0.3, -0.25) is 0 Å². The number of hydrogen-bond acceptors (Lipinski definition) is 4. The molecule has 1 aromatic heterocycles. The molecule has 0 aliphatic rings. The minimum Gasteiger partial charge on any atom is -0.497 e. The lowest BCUT2D eigenvalue weighted by Crippen LogP contribution is -2.16. The van der Waals surface area contributed by atoms with Gasteiger partial charge in [0.25, 0.3) is 0 Å². The number of hydrogen-bond donors (Lipinski definition) is 1. The largest absolute Gasteiger partial charge is 0.497 e. The zero-order valence-corrected chi connectivity index (χ0v) is 12.6. The van der Waals surface area contributed by atoms with Crippen molar-refractivity contribution in [2.24, 2.45) is 0 Å². The number of nitrogens with one attached hydrogen (secondary N) is 1. The third-order valence-corrected chi connectivity index (χ3v) is 3.66. The summed E-state index contributed by atoms with van der Waals surface area (Å²) in [6.07, 6.45) is 1.75. The molecule has 0 spiro atoms. The molecule has 0 atom stereocenters. The van der Waals surface area contributed by atoms with Gasteiger partial charge in [-0.1, -0.05) is 15.9 Å². The average molecular weight is 325 g/mol. The summed E-state index contributed by atoms with van der Waals surface area (Å²) in [5, 5.41) is 11.4. The smallest absolute Gasteiger partial charge is 0.146 e. The van der Waals surface area contributed by atoms with Gasteiger partial charge in [-0.2, -0.15) is 0 Å². The molecular weight excluding hydrogens is 308 g/mol. The number of rotatable bonds is 6. The second-order valence-corrected chi connectivity index (χ2v) is 4.95. The summed E-state index contributed by atoms with van der Waals surface area (Å²) in [6.45, 7) is 4.39. The fraction of sp³-hybridized carbons (Fsp3) is 0.385. The molecule has 102 valence electrons. The minimum atomic E-state index is 0.692. The molecule has 0 saturated heterocycles. The number of benzene rings is 1. The van der Waals surface area contributed by atoms with Crippen LogP contribution in [0.2, 0.25) is 0 Å². The maximum absolute atomic E-state index is 5.22. The summed E-state index contributed by atoms with van der Waals surface area (Å²) in [6, 6.07) is 5.94. The molecular formula is C13H17BrN4O. The van der Waals surface area contributed by atoms with Gasteiger partial charge in [0.15, 0.2) is 0 Å². The third kappa shape index (κ3) is 3.54. The highest BCUT2D eigenvalue weighted by atomic mass is 79.9. The van der Waals surface area contributed by atoms with Crippen molar-refractivity contribution >= 4 is 15.9 Å². The molecule has 6 heteroatoms. The lowest BCUT2D eigenvalue weighted by Gasteiger charge is -2.09. The Balaban J connectivity index is 1.95. The van der Waals surface area contributed by atoms with E-state index in [-0.39, 0.29) is 0 Å². The first-order valence-electron chi connectivity index (χ1n) is 6.14. The zero-order valence-electron chi connectivity index (χ0n) is 11.1. The standard InChI is InChI=1S/C13H17BrN4O/c1-3-18-9-16-17-13(18)8-15-7-10-6-11(19-2)4-5-12(10)14/h4-6,9,15H,3,7-8H2,1-2H3. The molecule has 2 aromatic rings. The van der Waals surface area contributed by atoms with Crippen LogP contribution in [-0.2, 0) is 19.6 Å². The van der Waals surface area contributed by atoms with E-state index in [1.807, 2.05) is 22.8 Å². The van der Waals surface area contributed by atoms with Crippen LogP contribution in [0, 0.1) is 0 Å². The molecule has 0 amide bonds. The quantitative estimate of drug-likeness (QED) is 0.886. The molecule has 19 heavy (non-hydrogen) atoms. The lowest BCUT2D eigenvalue weighted by atomic mass is 10.2. The summed E-state index contributed by atoms with van der Waals surface area (Å²) in [5.41, 5.74) is 1.15. The molecule has 1 aromatic carbocycles. The predicted octanol–water partition coefficient (Wildman–Crippen LogP) is 2.36. The zero-order chi connectivity index (χ0) is 13.7. The topological polar surface area (TPSA) is 52.0 Å². The van der Waals surface area contributed by atoms with Crippen molar-refractivity contribution in [3.63, 3.8) is 0 Å². The Morgan fingerprint density at radius 2 is 2.21 bits per heavy atom. The van der Waals surface area contributed by atoms with Gasteiger partial charge in [0.1, 0.15) is 17.9 Å². The first-order valence-corrected chi connectivity index (χ1v) is 6.93. The molecule has 1 heterocycles. The molecule has 0 unspecified atom stereocenters. The van der Waals surface area contributed by atoms with Crippen LogP contribution in [0.4, 0.5) is 0 Å². The molecule has 0 fully saturated rings. The van der Waals surface area contributed by atoms with Crippen molar-refractivity contribution in [1.29, 1.82) is 0 Å². The molecule has 0 aliphatic heterocycles. The highest BCUT2D eigenvalue weighted by Crippen LogP contribution is 2.22. The van der Waals surface area contributed by atoms with E-state index >= 15 is 0 Å². The lowest BCUT2D eigenvalue weighted by molar-refractivity contribution is 0.414. The van der Waals surface area contributed by atoms with Crippen molar-refractivity contribution in [2.75, 3.05) is 7.11 Å². The molecule has 0 bridgehead atoms. The second-order valence-electron chi connectivity index (χ2n) is 4.09. The molecule has 1 N–H and O–H groups in total. The number of aromatic nitrogens is 3. The van der Waals surface area contributed by atoms with Crippen LogP contribution in [0.15, 0.2) is 29.0 Å². The van der Waals surface area contributed by atoms with Crippen LogP contribution in [0.3, 0.4) is 0 Å². The molecule has 5 nitrogen and oxygen atoms in total. The van der Waals surface area contributed by atoms with Crippen molar-refractivity contribution in [3.05, 3.63) is 40.4 Å². The maximum Gasteiger partial charge on any atom is 0.146 e. The summed E-state index contributed by atoms with van der Waals surface area (Å²) in [7, 11) is 1.67. The van der Waals surface area contributed by atoms with Crippen molar-refractivity contribution < 1.29 is 4.74 Å². The first-order chi connectivity index (χ1) is 9.24. The predicted molar refractivity (Wildman–Crippen MR) is 76.9 cm³/mol. The van der Waals surface area contributed by atoms with E-state index in [0.29, 0.717) is 6.54 Å². The summed E-state index contributed by atoms with van der Waals surface area (Å²) in [4.78, 5) is 0. The second kappa shape index (κ2) is 6.68. The van der Waals surface area contributed by atoms with Gasteiger partial charge < -0.3 is 14.6 Å². The van der Waals surface area contributed by atoms with Crippen LogP contribution in [0.5, 0.6) is 5.75 Å². The Hall–Kier alpha value is -1.40. The Labute approximate surface area is 121 Å². The molecule has 0 radical (unpaired) electrons. The Morgan fingerprint density at radius 1 is 1.37 bits per heavy atom. The van der Waals surface area contributed by atoms with Crippen LogP contribution in [0.25, 0.3) is 0 Å². The van der Waals surface area contributed by atoms with Crippen molar-refractivity contribution in [1.82, 2.24) is 20.1 Å². The van der Waals surface area contributed by atoms with Gasteiger partial charge in [0.05, 0.1) is 13.7 Å². The van der Waals surface area contributed by atoms with Crippen LogP contribution in [0.1, 0.15) is 18.3 Å². The fourth-order valence-electron chi connectivity index (χ4n) is 1.80. The maximum atomic E-state index is 5.22. The van der Waals surface area contributed by atoms with Crippen molar-refractivity contribution in [3.8, 4) is 5.75 Å². The van der Waals surface area contributed by atoms with E-state index < -0.39 is 0 Å². The van der Waals surface area contributed by atoms with Crippen LogP contribution < -0.4 is 10.1 Å². The average Bonchev–Trinajstić information content (AvgIpc) is 2.88. The Morgan fingerprint density at radius 3 is 2.95 bits per heavy atom. The van der Waals surface area contributed by atoms with Crippen LogP contribution >= 0.6 is 15.9 Å². The fourth-order valence-corrected chi connectivity index (χ4v) is 2.19. The number of aryl methyl sites for hydroxylation is 1. The van der Waals surface area contributed by atoms with Crippen LogP contribution in [-0.4, -0.2) is 21.9 Å². The summed E-state index contributed by atoms with van der Waals surface area (Å²) in [5.74, 6) is 1.80. The molecule has 0 aliphatic carbocycles. The molecule has 2 rings (SSSR count). The van der Waals surface area contributed by atoms with E-state index in [1.54, 1.807) is 13.4 Å². The number of halogens is 1. The molecule has 0 saturated carbocycles. The number of methoxy groups -OCH3 is 1. The number of nitrogens with zero attached hydrogens (tertiary/aromatic N) is 3. The third-order valence-electron chi connectivity index (χ3n) is 2.89. The minimum absolute atomic E-state index is 0.692. The first kappa shape index (κ1) is 14.0. The highest BCUT2D eigenvalue weighted by molar-refractivity contribution is 9.10. The van der Waals surface area contributed by atoms with Gasteiger partial charge in [-0.25, -0.2) is 0 Å². The van der Waals surface area contributed by atoms with Gasteiger partial charge in [-0.05, 0) is 30.7 Å². The van der Waals surface area contributed by atoms with Gasteiger partial charge >= 0.3 is 0 Å². The van der Waals surface area contributed by atoms with E-state index in [4.69, 9.17) is 4.74 Å². The normalized spacial score (nSPS) is 10.7. The Kier molecular flexibility index (Phi) is 4.93. The van der Waals surface area contributed by atoms with Gasteiger partial charge in [-0.15, -0.1) is 10.2 Å². The van der Waals surface area contributed by atoms with E-state index in [0.717, 1.165) is 34.7 Å². The van der Waals surface area contributed by atoms with Gasteiger partial charge in [0.2, 0.25) is 0 Å². The summed E-state index contributed by atoms with van der Waals surface area (Å²) < 4.78 is 8.31. The van der Waals surface area contributed by atoms with E-state index in [2.05, 4.69) is 38.4 Å². The SMILES string of the molecule is CCn1cnnc1CNCc1cc(OC)ccc1Br. The van der Waals surface area contributed by atoms with E-state index in [9.17, 15) is 0 Å². The van der Waals surface area contributed by atoms with Gasteiger partial charge in [0, 0.05) is 17.6 Å². The van der Waals surface area contributed by atoms with E-state index in [1.165, 1.54) is 0 Å². The highest BCUT2D eigenvalue weighted by Gasteiger charge is 2.04. The Bertz CT molecular complexity index is 541. The number of ether oxygens (including phenoxy) is 1. The van der Waals surface area contributed by atoms with Crippen molar-refractivity contribution in [2.45, 2.75) is 26.6 Å². The summed E-state index contributed by atoms with van der Waals surface area (Å²) >= 11 is 3.54. The monoisotopic (exact) mass is 324 g/mol.